The number of rotatable bonds is 4. The van der Waals surface area contributed by atoms with Gasteiger partial charge in [0, 0.05) is 7.11 Å². The molecule has 0 aromatic heterocycles. The molecule has 0 aliphatic rings. The quantitative estimate of drug-likeness (QED) is 0.681. The van der Waals surface area contributed by atoms with Crippen LogP contribution >= 0.6 is 0 Å². The molecule has 65 valence electrons. The van der Waals surface area contributed by atoms with E-state index in [0.29, 0.717) is 12.9 Å². The monoisotopic (exact) mass is 165 g/mol. The molecule has 0 saturated heterocycles. The molecule has 2 heteroatoms. The van der Waals surface area contributed by atoms with Gasteiger partial charge in [0.05, 0.1) is 6.61 Å². The van der Waals surface area contributed by atoms with Crippen molar-refractivity contribution in [3.63, 3.8) is 0 Å². The smallest absolute Gasteiger partial charge is 0.220 e. The van der Waals surface area contributed by atoms with Crippen LogP contribution in [0.5, 0.6) is 0 Å². The van der Waals surface area contributed by atoms with E-state index in [1.807, 2.05) is 30.3 Å². The molecular weight excluding hydrogens is 152 g/mol. The highest BCUT2D eigenvalue weighted by Gasteiger charge is 2.00. The van der Waals surface area contributed by atoms with Crippen LogP contribution < -0.4 is 0 Å². The third-order valence-electron chi connectivity index (χ3n) is 1.57. The van der Waals surface area contributed by atoms with Crippen molar-refractivity contribution < 1.29 is 9.47 Å². The molecule has 1 aromatic rings. The number of hydrogen-bond donors (Lipinski definition) is 0. The van der Waals surface area contributed by atoms with Crippen LogP contribution in [0.25, 0.3) is 0 Å². The van der Waals surface area contributed by atoms with Gasteiger partial charge in [-0.2, -0.15) is 0 Å². The molecule has 0 heterocycles. The topological polar surface area (TPSA) is 18.5 Å². The van der Waals surface area contributed by atoms with E-state index < -0.39 is 0 Å². The van der Waals surface area contributed by atoms with Crippen LogP contribution in [0.15, 0.2) is 30.3 Å². The molecule has 12 heavy (non-hydrogen) atoms. The van der Waals surface area contributed by atoms with Crippen LogP contribution in [0.2, 0.25) is 0 Å². The SMILES string of the molecule is CO[C](C)OCc1ccccc1. The van der Waals surface area contributed by atoms with Crippen molar-refractivity contribution in [3.05, 3.63) is 42.2 Å². The summed E-state index contributed by atoms with van der Waals surface area (Å²) in [6, 6.07) is 9.99. The molecule has 0 aliphatic heterocycles. The van der Waals surface area contributed by atoms with Crippen molar-refractivity contribution in [2.24, 2.45) is 0 Å². The van der Waals surface area contributed by atoms with Crippen LogP contribution in [-0.4, -0.2) is 7.11 Å². The second-order valence-corrected chi connectivity index (χ2v) is 2.47. The predicted octanol–water partition coefficient (Wildman–Crippen LogP) is 2.36. The zero-order valence-electron chi connectivity index (χ0n) is 7.41. The lowest BCUT2D eigenvalue weighted by Gasteiger charge is -2.08. The van der Waals surface area contributed by atoms with Crippen molar-refractivity contribution in [2.75, 3.05) is 7.11 Å². The summed E-state index contributed by atoms with van der Waals surface area (Å²) >= 11 is 0. The molecule has 1 radical (unpaired) electrons. The molecule has 2 nitrogen and oxygen atoms in total. The zero-order chi connectivity index (χ0) is 8.81. The van der Waals surface area contributed by atoms with Crippen molar-refractivity contribution in [3.8, 4) is 0 Å². The molecular formula is C10H13O2. The van der Waals surface area contributed by atoms with Crippen LogP contribution in [0.4, 0.5) is 0 Å². The maximum atomic E-state index is 5.27. The van der Waals surface area contributed by atoms with E-state index in [-0.39, 0.29) is 0 Å². The first-order valence-electron chi connectivity index (χ1n) is 3.87. The Kier molecular flexibility index (Phi) is 3.77. The molecule has 0 aliphatic carbocycles. The lowest BCUT2D eigenvalue weighted by molar-refractivity contribution is -0.0225. The first-order chi connectivity index (χ1) is 5.83. The Bertz CT molecular complexity index is 208. The largest absolute Gasteiger partial charge is 0.349 e. The van der Waals surface area contributed by atoms with Crippen molar-refractivity contribution in [2.45, 2.75) is 13.5 Å². The van der Waals surface area contributed by atoms with Crippen LogP contribution in [0.3, 0.4) is 0 Å². The van der Waals surface area contributed by atoms with Gasteiger partial charge in [0.25, 0.3) is 0 Å². The average molecular weight is 165 g/mol. The first-order valence-corrected chi connectivity index (χ1v) is 3.87. The summed E-state index contributed by atoms with van der Waals surface area (Å²) in [6.07, 6.45) is 0.596. The Labute approximate surface area is 73.1 Å². The van der Waals surface area contributed by atoms with Crippen molar-refractivity contribution in [1.82, 2.24) is 0 Å². The van der Waals surface area contributed by atoms with Crippen molar-refractivity contribution in [1.29, 1.82) is 0 Å². The maximum Gasteiger partial charge on any atom is 0.220 e. The van der Waals surface area contributed by atoms with Gasteiger partial charge in [-0.05, 0) is 12.5 Å². The second-order valence-electron chi connectivity index (χ2n) is 2.47. The van der Waals surface area contributed by atoms with Gasteiger partial charge in [0.15, 0.2) is 0 Å². The minimum absolute atomic E-state index is 0.570. The fourth-order valence-electron chi connectivity index (χ4n) is 0.818. The third-order valence-corrected chi connectivity index (χ3v) is 1.57. The van der Waals surface area contributed by atoms with Crippen molar-refractivity contribution >= 4 is 0 Å². The number of ether oxygens (including phenoxy) is 2. The van der Waals surface area contributed by atoms with Gasteiger partial charge >= 0.3 is 0 Å². The normalized spacial score (nSPS) is 10.6. The Morgan fingerprint density at radius 3 is 2.50 bits per heavy atom. The Balaban J connectivity index is 2.33. The number of benzene rings is 1. The highest BCUT2D eigenvalue weighted by atomic mass is 16.7. The highest BCUT2D eigenvalue weighted by Crippen LogP contribution is 2.07. The van der Waals surface area contributed by atoms with E-state index in [4.69, 9.17) is 9.47 Å². The fraction of sp³-hybridized carbons (Fsp3) is 0.300. The van der Waals surface area contributed by atoms with Gasteiger partial charge in [-0.1, -0.05) is 30.3 Å². The van der Waals surface area contributed by atoms with Gasteiger partial charge in [-0.25, -0.2) is 0 Å². The van der Waals surface area contributed by atoms with E-state index in [9.17, 15) is 0 Å². The summed E-state index contributed by atoms with van der Waals surface area (Å²) in [7, 11) is 1.60. The van der Waals surface area contributed by atoms with Gasteiger partial charge < -0.3 is 9.47 Å². The van der Waals surface area contributed by atoms with Crippen LogP contribution in [0, 0.1) is 6.29 Å². The standard InChI is InChI=1S/C10H13O2/c1-9(11-2)12-8-10-6-4-3-5-7-10/h3-7H,8H2,1-2H3. The molecule has 0 spiro atoms. The summed E-state index contributed by atoms with van der Waals surface area (Å²) in [5.74, 6) is 0. The van der Waals surface area contributed by atoms with Crippen LogP contribution in [0.1, 0.15) is 12.5 Å². The number of methoxy groups -OCH3 is 1. The molecule has 1 aromatic carbocycles. The highest BCUT2D eigenvalue weighted by molar-refractivity contribution is 5.13. The average Bonchev–Trinajstić information content (AvgIpc) is 2.16. The first kappa shape index (κ1) is 9.23. The number of hydrogen-bond acceptors (Lipinski definition) is 2. The Morgan fingerprint density at radius 1 is 1.25 bits per heavy atom. The molecule has 0 N–H and O–H groups in total. The van der Waals surface area contributed by atoms with E-state index in [2.05, 4.69) is 0 Å². The summed E-state index contributed by atoms with van der Waals surface area (Å²) < 4.78 is 10.1. The predicted molar refractivity (Wildman–Crippen MR) is 47.2 cm³/mol. The fourth-order valence-corrected chi connectivity index (χ4v) is 0.818. The summed E-state index contributed by atoms with van der Waals surface area (Å²) in [6.45, 7) is 2.36. The van der Waals surface area contributed by atoms with Gasteiger partial charge in [-0.15, -0.1) is 0 Å². The van der Waals surface area contributed by atoms with E-state index in [1.165, 1.54) is 0 Å². The van der Waals surface area contributed by atoms with E-state index in [0.717, 1.165) is 5.56 Å². The maximum absolute atomic E-state index is 5.27. The molecule has 0 unspecified atom stereocenters. The van der Waals surface area contributed by atoms with Crippen LogP contribution in [-0.2, 0) is 16.1 Å². The Hall–Kier alpha value is -0.860. The third kappa shape index (κ3) is 3.03. The molecule has 0 fully saturated rings. The minimum atomic E-state index is 0.570. The summed E-state index contributed by atoms with van der Waals surface area (Å²) in [5.41, 5.74) is 1.15. The van der Waals surface area contributed by atoms with E-state index >= 15 is 0 Å². The van der Waals surface area contributed by atoms with Gasteiger partial charge in [-0.3, -0.25) is 0 Å². The summed E-state index contributed by atoms with van der Waals surface area (Å²) in [5, 5.41) is 0. The molecule has 1 rings (SSSR count). The molecule has 0 bridgehead atoms. The summed E-state index contributed by atoms with van der Waals surface area (Å²) in [4.78, 5) is 0. The zero-order valence-corrected chi connectivity index (χ0v) is 7.41. The minimum Gasteiger partial charge on any atom is -0.349 e. The molecule has 0 atom stereocenters. The second kappa shape index (κ2) is 4.91. The van der Waals surface area contributed by atoms with Gasteiger partial charge in [0.2, 0.25) is 6.29 Å². The molecule has 0 amide bonds. The lowest BCUT2D eigenvalue weighted by Crippen LogP contribution is -2.00. The lowest BCUT2D eigenvalue weighted by atomic mass is 10.2. The Morgan fingerprint density at radius 2 is 1.92 bits per heavy atom. The van der Waals surface area contributed by atoms with E-state index in [1.54, 1.807) is 14.0 Å². The van der Waals surface area contributed by atoms with Gasteiger partial charge in [0.1, 0.15) is 0 Å². The molecule has 0 saturated carbocycles.